The molecule has 1 N–H and O–H groups in total. The maximum atomic E-state index is 4.14. The van der Waals surface area contributed by atoms with Gasteiger partial charge in [-0.1, -0.05) is 12.8 Å². The SMILES string of the molecule is c1n[nH]c2c1CC1CCCCC1C2. The Morgan fingerprint density at radius 1 is 1.15 bits per heavy atom. The van der Waals surface area contributed by atoms with Crippen molar-refractivity contribution in [3.63, 3.8) is 0 Å². The molecule has 1 heterocycles. The molecule has 0 radical (unpaired) electrons. The molecule has 0 saturated heterocycles. The van der Waals surface area contributed by atoms with E-state index in [1.165, 1.54) is 49.8 Å². The van der Waals surface area contributed by atoms with Crippen molar-refractivity contribution in [1.82, 2.24) is 10.2 Å². The lowest BCUT2D eigenvalue weighted by molar-refractivity contribution is 0.219. The Morgan fingerprint density at radius 3 is 2.77 bits per heavy atom. The first-order valence-corrected chi connectivity index (χ1v) is 5.44. The lowest BCUT2D eigenvalue weighted by Crippen LogP contribution is -2.27. The summed E-state index contributed by atoms with van der Waals surface area (Å²) in [4.78, 5) is 0. The minimum Gasteiger partial charge on any atom is -0.282 e. The maximum Gasteiger partial charge on any atom is 0.0522 e. The monoisotopic (exact) mass is 176 g/mol. The molecule has 70 valence electrons. The summed E-state index contributed by atoms with van der Waals surface area (Å²) >= 11 is 0. The first-order valence-electron chi connectivity index (χ1n) is 5.44. The molecule has 2 unspecified atom stereocenters. The van der Waals surface area contributed by atoms with E-state index in [1.54, 1.807) is 0 Å². The third-order valence-electron chi connectivity index (χ3n) is 3.82. The van der Waals surface area contributed by atoms with Crippen LogP contribution in [0, 0.1) is 11.8 Å². The molecule has 1 aromatic heterocycles. The van der Waals surface area contributed by atoms with Gasteiger partial charge in [-0.25, -0.2) is 0 Å². The van der Waals surface area contributed by atoms with E-state index in [0.29, 0.717) is 0 Å². The second-order valence-electron chi connectivity index (χ2n) is 4.59. The Kier molecular flexibility index (Phi) is 1.67. The van der Waals surface area contributed by atoms with Crippen molar-refractivity contribution < 1.29 is 0 Å². The summed E-state index contributed by atoms with van der Waals surface area (Å²) in [5, 5.41) is 7.28. The molecule has 0 aromatic carbocycles. The van der Waals surface area contributed by atoms with E-state index in [0.717, 1.165) is 11.8 Å². The van der Waals surface area contributed by atoms with Crippen LogP contribution in [-0.4, -0.2) is 10.2 Å². The number of aromatic amines is 1. The molecular formula is C11H16N2. The maximum absolute atomic E-state index is 4.14. The molecule has 0 bridgehead atoms. The highest BCUT2D eigenvalue weighted by atomic mass is 15.1. The van der Waals surface area contributed by atoms with Gasteiger partial charge in [0, 0.05) is 5.69 Å². The zero-order chi connectivity index (χ0) is 8.67. The van der Waals surface area contributed by atoms with Crippen LogP contribution in [0.15, 0.2) is 6.20 Å². The topological polar surface area (TPSA) is 28.7 Å². The first-order chi connectivity index (χ1) is 6.43. The number of hydrogen-bond donors (Lipinski definition) is 1. The van der Waals surface area contributed by atoms with Crippen molar-refractivity contribution >= 4 is 0 Å². The van der Waals surface area contributed by atoms with Gasteiger partial charge in [0.1, 0.15) is 0 Å². The fraction of sp³-hybridized carbons (Fsp3) is 0.727. The zero-order valence-electron chi connectivity index (χ0n) is 7.92. The van der Waals surface area contributed by atoms with Crippen molar-refractivity contribution in [2.45, 2.75) is 38.5 Å². The summed E-state index contributed by atoms with van der Waals surface area (Å²) in [6.07, 6.45) is 10.4. The third kappa shape index (κ3) is 1.19. The van der Waals surface area contributed by atoms with Crippen LogP contribution in [0.5, 0.6) is 0 Å². The Hall–Kier alpha value is -0.790. The van der Waals surface area contributed by atoms with Gasteiger partial charge < -0.3 is 0 Å². The molecule has 0 amide bonds. The van der Waals surface area contributed by atoms with Crippen molar-refractivity contribution in [2.75, 3.05) is 0 Å². The molecule has 2 aliphatic carbocycles. The summed E-state index contributed by atoms with van der Waals surface area (Å²) in [5.74, 6) is 1.93. The van der Waals surface area contributed by atoms with Crippen LogP contribution in [0.25, 0.3) is 0 Å². The fourth-order valence-corrected chi connectivity index (χ4v) is 3.06. The Morgan fingerprint density at radius 2 is 1.92 bits per heavy atom. The highest BCUT2D eigenvalue weighted by Crippen LogP contribution is 2.38. The fourth-order valence-electron chi connectivity index (χ4n) is 3.06. The van der Waals surface area contributed by atoms with Crippen LogP contribution in [0.3, 0.4) is 0 Å². The lowest BCUT2D eigenvalue weighted by Gasteiger charge is -2.34. The zero-order valence-corrected chi connectivity index (χ0v) is 7.92. The van der Waals surface area contributed by atoms with Crippen molar-refractivity contribution in [3.8, 4) is 0 Å². The number of fused-ring (bicyclic) bond motifs is 2. The molecule has 0 aliphatic heterocycles. The normalized spacial score (nSPS) is 32.3. The van der Waals surface area contributed by atoms with E-state index in [-0.39, 0.29) is 0 Å². The molecule has 2 nitrogen and oxygen atoms in total. The average molecular weight is 176 g/mol. The van der Waals surface area contributed by atoms with E-state index < -0.39 is 0 Å². The molecule has 2 aliphatic rings. The lowest BCUT2D eigenvalue weighted by atomic mass is 9.70. The summed E-state index contributed by atoms with van der Waals surface area (Å²) in [5.41, 5.74) is 2.91. The van der Waals surface area contributed by atoms with Crippen LogP contribution in [-0.2, 0) is 12.8 Å². The summed E-state index contributed by atoms with van der Waals surface area (Å²) in [7, 11) is 0. The Labute approximate surface area is 78.7 Å². The van der Waals surface area contributed by atoms with Crippen LogP contribution in [0.4, 0.5) is 0 Å². The van der Waals surface area contributed by atoms with Crippen molar-refractivity contribution in [3.05, 3.63) is 17.5 Å². The van der Waals surface area contributed by atoms with Gasteiger partial charge >= 0.3 is 0 Å². The van der Waals surface area contributed by atoms with E-state index in [2.05, 4.69) is 10.2 Å². The molecule has 2 heteroatoms. The smallest absolute Gasteiger partial charge is 0.0522 e. The van der Waals surface area contributed by atoms with E-state index in [4.69, 9.17) is 0 Å². The van der Waals surface area contributed by atoms with Gasteiger partial charge in [0.05, 0.1) is 6.20 Å². The van der Waals surface area contributed by atoms with Gasteiger partial charge in [-0.2, -0.15) is 5.10 Å². The molecule has 1 aromatic rings. The van der Waals surface area contributed by atoms with Gasteiger partial charge in [-0.15, -0.1) is 0 Å². The Balaban J connectivity index is 1.89. The van der Waals surface area contributed by atoms with Crippen LogP contribution >= 0.6 is 0 Å². The van der Waals surface area contributed by atoms with Gasteiger partial charge in [-0.05, 0) is 43.1 Å². The van der Waals surface area contributed by atoms with E-state index in [9.17, 15) is 0 Å². The number of H-pyrrole nitrogens is 1. The second kappa shape index (κ2) is 2.86. The van der Waals surface area contributed by atoms with Crippen LogP contribution < -0.4 is 0 Å². The average Bonchev–Trinajstić information content (AvgIpc) is 2.61. The number of aromatic nitrogens is 2. The standard InChI is InChI=1S/C11H16N2/c1-2-4-9-6-11-10(7-12-13-11)5-8(9)3-1/h7-9H,1-6H2,(H,12,13). The molecule has 1 saturated carbocycles. The largest absolute Gasteiger partial charge is 0.282 e. The molecule has 1 fully saturated rings. The van der Waals surface area contributed by atoms with Crippen molar-refractivity contribution in [2.24, 2.45) is 11.8 Å². The number of hydrogen-bond acceptors (Lipinski definition) is 1. The molecule has 0 spiro atoms. The van der Waals surface area contributed by atoms with E-state index >= 15 is 0 Å². The minimum absolute atomic E-state index is 0.960. The molecule has 3 rings (SSSR count). The minimum atomic E-state index is 0.960. The number of nitrogens with one attached hydrogen (secondary N) is 1. The van der Waals surface area contributed by atoms with Crippen LogP contribution in [0.1, 0.15) is 36.9 Å². The predicted octanol–water partition coefficient (Wildman–Crippen LogP) is 2.31. The summed E-state index contributed by atoms with van der Waals surface area (Å²) in [6, 6.07) is 0. The Bertz CT molecular complexity index is 274. The van der Waals surface area contributed by atoms with Crippen LogP contribution in [0.2, 0.25) is 0 Å². The quantitative estimate of drug-likeness (QED) is 0.645. The van der Waals surface area contributed by atoms with Gasteiger partial charge in [0.15, 0.2) is 0 Å². The predicted molar refractivity (Wildman–Crippen MR) is 51.4 cm³/mol. The molecular weight excluding hydrogens is 160 g/mol. The molecule has 13 heavy (non-hydrogen) atoms. The highest BCUT2D eigenvalue weighted by Gasteiger charge is 2.31. The van der Waals surface area contributed by atoms with Gasteiger partial charge in [0.25, 0.3) is 0 Å². The number of nitrogens with zero attached hydrogens (tertiary/aromatic N) is 1. The summed E-state index contributed by atoms with van der Waals surface area (Å²) in [6.45, 7) is 0. The van der Waals surface area contributed by atoms with Gasteiger partial charge in [0.2, 0.25) is 0 Å². The van der Waals surface area contributed by atoms with E-state index in [1.807, 2.05) is 6.20 Å². The highest BCUT2D eigenvalue weighted by molar-refractivity contribution is 5.21. The summed E-state index contributed by atoms with van der Waals surface area (Å²) < 4.78 is 0. The second-order valence-corrected chi connectivity index (χ2v) is 4.59. The molecule has 2 atom stereocenters. The number of rotatable bonds is 0. The van der Waals surface area contributed by atoms with Gasteiger partial charge in [-0.3, -0.25) is 5.10 Å². The third-order valence-corrected chi connectivity index (χ3v) is 3.82. The van der Waals surface area contributed by atoms with Crippen molar-refractivity contribution in [1.29, 1.82) is 0 Å². The first kappa shape index (κ1) is 7.60.